The molecule has 1 aromatic rings. The van der Waals surface area contributed by atoms with Gasteiger partial charge < -0.3 is 4.74 Å². The molecule has 0 aliphatic heterocycles. The first-order valence-electron chi connectivity index (χ1n) is 5.83. The number of hydrogen-bond donors (Lipinski definition) is 0. The van der Waals surface area contributed by atoms with Crippen LogP contribution in [0.5, 0.6) is 0 Å². The van der Waals surface area contributed by atoms with Crippen molar-refractivity contribution < 1.29 is 13.2 Å². The van der Waals surface area contributed by atoms with Gasteiger partial charge in [0.2, 0.25) is 0 Å². The van der Waals surface area contributed by atoms with Gasteiger partial charge in [0, 0.05) is 12.5 Å². The molecule has 0 N–H and O–H groups in total. The zero-order chi connectivity index (χ0) is 14.5. The SMILES string of the molecule is COC(C)(C)C#C/C=C/S(=O)(=O)c1ccc(C)cc1. The summed E-state index contributed by atoms with van der Waals surface area (Å²) in [6.07, 6.45) is 1.33. The monoisotopic (exact) mass is 278 g/mol. The second-order valence-corrected chi connectivity index (χ2v) is 6.48. The second kappa shape index (κ2) is 6.05. The molecule has 0 aromatic heterocycles. The van der Waals surface area contributed by atoms with Gasteiger partial charge in [0.15, 0.2) is 9.84 Å². The van der Waals surface area contributed by atoms with Crippen molar-refractivity contribution in [3.63, 3.8) is 0 Å². The third kappa shape index (κ3) is 4.90. The molecular formula is C15H18O3S. The molecule has 0 unspecified atom stereocenters. The van der Waals surface area contributed by atoms with Gasteiger partial charge in [0.1, 0.15) is 5.60 Å². The maximum Gasteiger partial charge on any atom is 0.200 e. The third-order valence-corrected chi connectivity index (χ3v) is 3.99. The van der Waals surface area contributed by atoms with Crippen LogP contribution < -0.4 is 0 Å². The van der Waals surface area contributed by atoms with Gasteiger partial charge in [-0.05, 0) is 39.0 Å². The fraction of sp³-hybridized carbons (Fsp3) is 0.333. The summed E-state index contributed by atoms with van der Waals surface area (Å²) in [7, 11) is -1.87. The van der Waals surface area contributed by atoms with Gasteiger partial charge in [0.25, 0.3) is 0 Å². The molecule has 0 saturated carbocycles. The third-order valence-electron chi connectivity index (χ3n) is 2.56. The lowest BCUT2D eigenvalue weighted by atomic mass is 10.1. The standard InChI is InChI=1S/C15H18O3S/c1-13-7-9-14(10-8-13)19(16,17)12-6-5-11-15(2,3)18-4/h6-10,12H,1-4H3/b12-6+. The van der Waals surface area contributed by atoms with Gasteiger partial charge in [0.05, 0.1) is 4.90 Å². The minimum Gasteiger partial charge on any atom is -0.366 e. The lowest BCUT2D eigenvalue weighted by Gasteiger charge is -2.13. The summed E-state index contributed by atoms with van der Waals surface area (Å²) in [6.45, 7) is 5.52. The zero-order valence-electron chi connectivity index (χ0n) is 11.6. The van der Waals surface area contributed by atoms with Crippen molar-refractivity contribution in [2.75, 3.05) is 7.11 Å². The van der Waals surface area contributed by atoms with Crippen LogP contribution in [0, 0.1) is 18.8 Å². The van der Waals surface area contributed by atoms with Crippen LogP contribution in [0.1, 0.15) is 19.4 Å². The molecule has 0 spiro atoms. The van der Waals surface area contributed by atoms with Gasteiger partial charge in [-0.1, -0.05) is 29.5 Å². The van der Waals surface area contributed by atoms with Crippen molar-refractivity contribution in [3.05, 3.63) is 41.3 Å². The van der Waals surface area contributed by atoms with E-state index in [4.69, 9.17) is 4.74 Å². The average Bonchev–Trinajstić information content (AvgIpc) is 2.35. The molecule has 0 atom stereocenters. The van der Waals surface area contributed by atoms with Crippen molar-refractivity contribution in [2.45, 2.75) is 31.3 Å². The van der Waals surface area contributed by atoms with Gasteiger partial charge in [-0.25, -0.2) is 8.42 Å². The predicted octanol–water partition coefficient (Wildman–Crippen LogP) is 2.71. The number of sulfone groups is 1. The number of methoxy groups -OCH3 is 1. The highest BCUT2D eigenvalue weighted by molar-refractivity contribution is 7.94. The number of benzene rings is 1. The Kier molecular flexibility index (Phi) is 4.93. The van der Waals surface area contributed by atoms with E-state index in [1.165, 1.54) is 6.08 Å². The molecule has 0 bridgehead atoms. The van der Waals surface area contributed by atoms with Crippen molar-refractivity contribution in [1.29, 1.82) is 0 Å². The quantitative estimate of drug-likeness (QED) is 0.798. The van der Waals surface area contributed by atoms with Crippen LogP contribution in [0.25, 0.3) is 0 Å². The molecule has 0 aliphatic carbocycles. The van der Waals surface area contributed by atoms with E-state index in [-0.39, 0.29) is 4.90 Å². The first kappa shape index (κ1) is 15.5. The molecule has 0 amide bonds. The van der Waals surface area contributed by atoms with E-state index in [2.05, 4.69) is 11.8 Å². The number of hydrogen-bond acceptors (Lipinski definition) is 3. The largest absolute Gasteiger partial charge is 0.366 e. The van der Waals surface area contributed by atoms with E-state index >= 15 is 0 Å². The Morgan fingerprint density at radius 2 is 1.79 bits per heavy atom. The highest BCUT2D eigenvalue weighted by atomic mass is 32.2. The van der Waals surface area contributed by atoms with Crippen LogP contribution in [0.2, 0.25) is 0 Å². The molecule has 0 saturated heterocycles. The number of rotatable bonds is 3. The highest BCUT2D eigenvalue weighted by Gasteiger charge is 2.11. The van der Waals surface area contributed by atoms with Gasteiger partial charge in [-0.15, -0.1) is 0 Å². The molecule has 4 heteroatoms. The summed E-state index contributed by atoms with van der Waals surface area (Å²) in [5.74, 6) is 5.50. The Balaban J connectivity index is 2.89. The molecule has 0 radical (unpaired) electrons. The first-order chi connectivity index (χ1) is 8.77. The van der Waals surface area contributed by atoms with E-state index in [0.717, 1.165) is 11.0 Å². The van der Waals surface area contributed by atoms with E-state index in [1.807, 2.05) is 20.8 Å². The average molecular weight is 278 g/mol. The molecule has 3 nitrogen and oxygen atoms in total. The zero-order valence-corrected chi connectivity index (χ0v) is 12.4. The minimum atomic E-state index is -3.43. The Labute approximate surface area is 115 Å². The maximum absolute atomic E-state index is 12.0. The number of ether oxygens (including phenoxy) is 1. The fourth-order valence-corrected chi connectivity index (χ4v) is 2.12. The van der Waals surface area contributed by atoms with Gasteiger partial charge >= 0.3 is 0 Å². The summed E-state index contributed by atoms with van der Waals surface area (Å²) < 4.78 is 29.0. The summed E-state index contributed by atoms with van der Waals surface area (Å²) in [5, 5.41) is 1.11. The van der Waals surface area contributed by atoms with Gasteiger partial charge in [-0.2, -0.15) is 0 Å². The van der Waals surface area contributed by atoms with Crippen LogP contribution in [-0.4, -0.2) is 21.1 Å². The van der Waals surface area contributed by atoms with Crippen LogP contribution in [-0.2, 0) is 14.6 Å². The van der Waals surface area contributed by atoms with Crippen LogP contribution in [0.15, 0.2) is 40.6 Å². The molecular weight excluding hydrogens is 260 g/mol. The molecule has 1 rings (SSSR count). The predicted molar refractivity (Wildman–Crippen MR) is 76.4 cm³/mol. The number of allylic oxidation sites excluding steroid dienone is 1. The first-order valence-corrected chi connectivity index (χ1v) is 7.38. The minimum absolute atomic E-state index is 0.266. The summed E-state index contributed by atoms with van der Waals surface area (Å²) in [4.78, 5) is 0.266. The topological polar surface area (TPSA) is 43.4 Å². The lowest BCUT2D eigenvalue weighted by Crippen LogP contribution is -2.18. The van der Waals surface area contributed by atoms with Crippen molar-refractivity contribution in [3.8, 4) is 11.8 Å². The molecule has 0 aliphatic rings. The smallest absolute Gasteiger partial charge is 0.200 e. The Morgan fingerprint density at radius 3 is 2.32 bits per heavy atom. The summed E-state index contributed by atoms with van der Waals surface area (Å²) in [6, 6.07) is 6.70. The Morgan fingerprint density at radius 1 is 1.21 bits per heavy atom. The van der Waals surface area contributed by atoms with Crippen molar-refractivity contribution in [2.24, 2.45) is 0 Å². The van der Waals surface area contributed by atoms with E-state index in [0.29, 0.717) is 0 Å². The van der Waals surface area contributed by atoms with E-state index in [9.17, 15) is 8.42 Å². The Hall–Kier alpha value is -1.57. The van der Waals surface area contributed by atoms with E-state index < -0.39 is 15.4 Å². The highest BCUT2D eigenvalue weighted by Crippen LogP contribution is 2.13. The summed E-state index contributed by atoms with van der Waals surface area (Å²) in [5.41, 5.74) is 0.433. The molecule has 1 aromatic carbocycles. The van der Waals surface area contributed by atoms with Crippen LogP contribution in [0.4, 0.5) is 0 Å². The fourth-order valence-electron chi connectivity index (χ4n) is 1.20. The lowest BCUT2D eigenvalue weighted by molar-refractivity contribution is 0.0742. The molecule has 102 valence electrons. The second-order valence-electron chi connectivity index (χ2n) is 4.64. The van der Waals surface area contributed by atoms with Gasteiger partial charge in [-0.3, -0.25) is 0 Å². The molecule has 19 heavy (non-hydrogen) atoms. The maximum atomic E-state index is 12.0. The van der Waals surface area contributed by atoms with E-state index in [1.54, 1.807) is 31.4 Å². The number of aryl methyl sites for hydroxylation is 1. The van der Waals surface area contributed by atoms with Crippen LogP contribution >= 0.6 is 0 Å². The molecule has 0 fully saturated rings. The van der Waals surface area contributed by atoms with Crippen molar-refractivity contribution >= 4 is 9.84 Å². The summed E-state index contributed by atoms with van der Waals surface area (Å²) >= 11 is 0. The van der Waals surface area contributed by atoms with Crippen LogP contribution in [0.3, 0.4) is 0 Å². The normalized spacial score (nSPS) is 12.2. The molecule has 0 heterocycles. The Bertz CT molecular complexity index is 612. The van der Waals surface area contributed by atoms with Crippen molar-refractivity contribution in [1.82, 2.24) is 0 Å².